The molecule has 18 heavy (non-hydrogen) atoms. The molecule has 0 radical (unpaired) electrons. The Morgan fingerprint density at radius 3 is 2.89 bits per heavy atom. The number of hydrogen-bond acceptors (Lipinski definition) is 1. The van der Waals surface area contributed by atoms with E-state index >= 15 is 0 Å². The number of aromatic nitrogens is 2. The van der Waals surface area contributed by atoms with Crippen LogP contribution in [0.3, 0.4) is 0 Å². The fourth-order valence-corrected chi connectivity index (χ4v) is 2.82. The lowest BCUT2D eigenvalue weighted by Crippen LogP contribution is -2.06. The Bertz CT molecular complexity index is 448. The molecule has 2 nitrogen and oxygen atoms in total. The maximum atomic E-state index is 5.71. The standard InChI is InChI=1S/C14H18BrClN2/c15-14-7-2-1-5-12(14)10-18-11-17-9-13(18)6-3-4-8-16/h5,7,9,11H,1-4,6,8,10H2. The van der Waals surface area contributed by atoms with Gasteiger partial charge in [0, 0.05) is 28.8 Å². The molecule has 0 aliphatic heterocycles. The number of alkyl halides is 1. The molecule has 0 spiro atoms. The topological polar surface area (TPSA) is 17.8 Å². The zero-order valence-electron chi connectivity index (χ0n) is 10.4. The Labute approximate surface area is 122 Å². The molecule has 1 aliphatic rings. The van der Waals surface area contributed by atoms with Crippen molar-refractivity contribution >= 4 is 27.5 Å². The molecule has 4 heteroatoms. The molecule has 1 aromatic heterocycles. The largest absolute Gasteiger partial charge is 0.330 e. The van der Waals surface area contributed by atoms with E-state index in [0.717, 1.165) is 44.5 Å². The van der Waals surface area contributed by atoms with E-state index in [0.29, 0.717) is 0 Å². The van der Waals surface area contributed by atoms with Crippen LogP contribution >= 0.6 is 27.5 Å². The number of nitrogens with zero attached hydrogens (tertiary/aromatic N) is 2. The smallest absolute Gasteiger partial charge is 0.0951 e. The van der Waals surface area contributed by atoms with Crippen LogP contribution < -0.4 is 0 Å². The number of allylic oxidation sites excluding steroid dienone is 4. The molecule has 0 saturated heterocycles. The van der Waals surface area contributed by atoms with Crippen LogP contribution in [0.5, 0.6) is 0 Å². The van der Waals surface area contributed by atoms with Crippen molar-refractivity contribution in [3.8, 4) is 0 Å². The first-order valence-corrected chi connectivity index (χ1v) is 7.74. The second-order valence-electron chi connectivity index (χ2n) is 4.52. The lowest BCUT2D eigenvalue weighted by molar-refractivity contribution is 0.693. The maximum Gasteiger partial charge on any atom is 0.0951 e. The predicted octanol–water partition coefficient (Wildman–Crippen LogP) is 4.44. The van der Waals surface area contributed by atoms with E-state index in [9.17, 15) is 0 Å². The van der Waals surface area contributed by atoms with Gasteiger partial charge in [-0.3, -0.25) is 0 Å². The van der Waals surface area contributed by atoms with E-state index < -0.39 is 0 Å². The van der Waals surface area contributed by atoms with Crippen LogP contribution in [0.1, 0.15) is 31.4 Å². The molecule has 0 amide bonds. The average molecular weight is 330 g/mol. The third-order valence-corrected chi connectivity index (χ3v) is 4.24. The van der Waals surface area contributed by atoms with Crippen molar-refractivity contribution in [2.24, 2.45) is 0 Å². The fraction of sp³-hybridized carbons (Fsp3) is 0.500. The van der Waals surface area contributed by atoms with Gasteiger partial charge in [0.1, 0.15) is 0 Å². The molecule has 0 fully saturated rings. The van der Waals surface area contributed by atoms with Gasteiger partial charge in [0.25, 0.3) is 0 Å². The van der Waals surface area contributed by atoms with E-state index in [-0.39, 0.29) is 0 Å². The van der Waals surface area contributed by atoms with Gasteiger partial charge in [-0.05, 0) is 37.7 Å². The molecule has 0 saturated carbocycles. The number of rotatable bonds is 6. The van der Waals surface area contributed by atoms with Gasteiger partial charge < -0.3 is 4.57 Å². The summed E-state index contributed by atoms with van der Waals surface area (Å²) in [7, 11) is 0. The third-order valence-electron chi connectivity index (χ3n) is 3.14. The molecular formula is C14H18BrClN2. The first-order valence-electron chi connectivity index (χ1n) is 6.41. The van der Waals surface area contributed by atoms with Gasteiger partial charge in [0.2, 0.25) is 0 Å². The quantitative estimate of drug-likeness (QED) is 0.557. The molecular weight excluding hydrogens is 312 g/mol. The van der Waals surface area contributed by atoms with Crippen LogP contribution in [-0.2, 0) is 13.0 Å². The number of halogens is 2. The monoisotopic (exact) mass is 328 g/mol. The van der Waals surface area contributed by atoms with Crippen molar-refractivity contribution in [3.05, 3.63) is 40.4 Å². The first kappa shape index (κ1) is 13.9. The fourth-order valence-electron chi connectivity index (χ4n) is 2.12. The van der Waals surface area contributed by atoms with Crippen LogP contribution in [0.15, 0.2) is 34.7 Å². The molecule has 98 valence electrons. The van der Waals surface area contributed by atoms with Crippen LogP contribution in [0, 0.1) is 0 Å². The van der Waals surface area contributed by atoms with Gasteiger partial charge in [-0.15, -0.1) is 11.6 Å². The summed E-state index contributed by atoms with van der Waals surface area (Å²) in [6.07, 6.45) is 14.0. The summed E-state index contributed by atoms with van der Waals surface area (Å²) in [6, 6.07) is 0. The summed E-state index contributed by atoms with van der Waals surface area (Å²) in [6.45, 7) is 0.910. The van der Waals surface area contributed by atoms with Crippen molar-refractivity contribution in [2.75, 3.05) is 5.88 Å². The van der Waals surface area contributed by atoms with Crippen molar-refractivity contribution in [1.29, 1.82) is 0 Å². The zero-order chi connectivity index (χ0) is 12.8. The van der Waals surface area contributed by atoms with Gasteiger partial charge in [-0.1, -0.05) is 28.1 Å². The molecule has 1 aromatic rings. The summed E-state index contributed by atoms with van der Waals surface area (Å²) in [5.74, 6) is 0.744. The Morgan fingerprint density at radius 1 is 1.28 bits per heavy atom. The maximum absolute atomic E-state index is 5.71. The summed E-state index contributed by atoms with van der Waals surface area (Å²) in [5, 5.41) is 0. The van der Waals surface area contributed by atoms with E-state index in [1.54, 1.807) is 0 Å². The number of aryl methyl sites for hydroxylation is 1. The summed E-state index contributed by atoms with van der Waals surface area (Å²) < 4.78 is 3.47. The minimum absolute atomic E-state index is 0.744. The molecule has 0 atom stereocenters. The third kappa shape index (κ3) is 3.72. The first-order chi connectivity index (χ1) is 8.81. The summed E-state index contributed by atoms with van der Waals surface area (Å²) in [5.41, 5.74) is 2.66. The highest BCUT2D eigenvalue weighted by Gasteiger charge is 2.09. The Morgan fingerprint density at radius 2 is 2.11 bits per heavy atom. The zero-order valence-corrected chi connectivity index (χ0v) is 12.8. The molecule has 1 heterocycles. The normalized spacial score (nSPS) is 15.4. The number of unbranched alkanes of at least 4 members (excludes halogenated alkanes) is 1. The van der Waals surface area contributed by atoms with E-state index in [2.05, 4.69) is 37.6 Å². The van der Waals surface area contributed by atoms with E-state index in [4.69, 9.17) is 11.6 Å². The number of imidazole rings is 1. The Kier molecular flexibility index (Phi) is 5.51. The van der Waals surface area contributed by atoms with Gasteiger partial charge >= 0.3 is 0 Å². The average Bonchev–Trinajstić information content (AvgIpc) is 2.80. The van der Waals surface area contributed by atoms with Crippen LogP contribution in [0.2, 0.25) is 0 Å². The lowest BCUT2D eigenvalue weighted by Gasteiger charge is -2.14. The highest BCUT2D eigenvalue weighted by molar-refractivity contribution is 9.12. The molecule has 0 N–H and O–H groups in total. The molecule has 0 bridgehead atoms. The lowest BCUT2D eigenvalue weighted by atomic mass is 10.1. The van der Waals surface area contributed by atoms with Gasteiger partial charge in [-0.2, -0.15) is 0 Å². The molecule has 0 unspecified atom stereocenters. The van der Waals surface area contributed by atoms with Crippen LogP contribution in [0.4, 0.5) is 0 Å². The van der Waals surface area contributed by atoms with Crippen LogP contribution in [-0.4, -0.2) is 15.4 Å². The predicted molar refractivity (Wildman–Crippen MR) is 80.2 cm³/mol. The van der Waals surface area contributed by atoms with Gasteiger partial charge in [-0.25, -0.2) is 4.98 Å². The second kappa shape index (κ2) is 7.15. The van der Waals surface area contributed by atoms with Gasteiger partial charge in [0.15, 0.2) is 0 Å². The number of hydrogen-bond donors (Lipinski definition) is 0. The highest BCUT2D eigenvalue weighted by Crippen LogP contribution is 2.25. The Hall–Kier alpha value is -0.540. The van der Waals surface area contributed by atoms with Gasteiger partial charge in [0.05, 0.1) is 6.33 Å². The van der Waals surface area contributed by atoms with Crippen molar-refractivity contribution in [1.82, 2.24) is 9.55 Å². The second-order valence-corrected chi connectivity index (χ2v) is 5.75. The minimum atomic E-state index is 0.744. The highest BCUT2D eigenvalue weighted by atomic mass is 79.9. The van der Waals surface area contributed by atoms with Crippen LogP contribution in [0.25, 0.3) is 0 Å². The van der Waals surface area contributed by atoms with Crippen molar-refractivity contribution in [3.63, 3.8) is 0 Å². The minimum Gasteiger partial charge on any atom is -0.330 e. The SMILES string of the molecule is ClCCCCc1cncn1CC1=CCCC=C1Br. The van der Waals surface area contributed by atoms with Crippen molar-refractivity contribution in [2.45, 2.75) is 38.6 Å². The summed E-state index contributed by atoms with van der Waals surface area (Å²) >= 11 is 9.34. The molecule has 1 aliphatic carbocycles. The Balaban J connectivity index is 1.99. The summed E-state index contributed by atoms with van der Waals surface area (Å²) in [4.78, 5) is 4.26. The van der Waals surface area contributed by atoms with Crippen molar-refractivity contribution < 1.29 is 0 Å². The van der Waals surface area contributed by atoms with E-state index in [1.807, 2.05) is 12.5 Å². The molecule has 2 rings (SSSR count). The van der Waals surface area contributed by atoms with E-state index in [1.165, 1.54) is 15.7 Å². The molecule has 0 aromatic carbocycles.